The van der Waals surface area contributed by atoms with Crippen molar-refractivity contribution in [1.82, 2.24) is 0 Å². The van der Waals surface area contributed by atoms with Gasteiger partial charge in [0, 0.05) is 0 Å². The van der Waals surface area contributed by atoms with Gasteiger partial charge in [0.05, 0.1) is 0 Å². The highest BCUT2D eigenvalue weighted by atomic mass is 14.4. The number of benzene rings is 2. The van der Waals surface area contributed by atoms with E-state index in [4.69, 9.17) is 0 Å². The zero-order chi connectivity index (χ0) is 30.7. The molecule has 0 heterocycles. The lowest BCUT2D eigenvalue weighted by Crippen LogP contribution is -2.29. The second-order valence-electron chi connectivity index (χ2n) is 18.7. The molecule has 220 valence electrons. The van der Waals surface area contributed by atoms with Gasteiger partial charge in [-0.15, -0.1) is 0 Å². The molecular weight excluding hydrogens is 468 g/mol. The van der Waals surface area contributed by atoms with Crippen molar-refractivity contribution >= 4 is 0 Å². The van der Waals surface area contributed by atoms with Crippen molar-refractivity contribution in [3.63, 3.8) is 0 Å². The Bertz CT molecular complexity index is 1120. The molecule has 0 nitrogen and oxygen atoms in total. The van der Waals surface area contributed by atoms with Gasteiger partial charge in [-0.25, -0.2) is 0 Å². The highest BCUT2D eigenvalue weighted by Crippen LogP contribution is 2.45. The van der Waals surface area contributed by atoms with Crippen LogP contribution in [0, 0.1) is 0 Å². The summed E-state index contributed by atoms with van der Waals surface area (Å²) in [5.74, 6) is 0.420. The van der Waals surface area contributed by atoms with E-state index in [2.05, 4.69) is 156 Å². The molecule has 0 saturated heterocycles. The molecule has 0 amide bonds. The smallest absolute Gasteiger partial charge is 0.0126 e. The molecule has 0 aliphatic heterocycles. The Hall–Kier alpha value is -1.56. The summed E-state index contributed by atoms with van der Waals surface area (Å²) < 4.78 is 0. The molecule has 2 aromatic carbocycles. The highest BCUT2D eigenvalue weighted by molar-refractivity contribution is 5.52. The molecule has 1 atom stereocenters. The van der Waals surface area contributed by atoms with Crippen LogP contribution in [-0.4, -0.2) is 0 Å². The van der Waals surface area contributed by atoms with E-state index in [1.165, 1.54) is 33.4 Å². The summed E-state index contributed by atoms with van der Waals surface area (Å²) in [4.78, 5) is 0. The highest BCUT2D eigenvalue weighted by Gasteiger charge is 2.34. The number of hydrogen-bond acceptors (Lipinski definition) is 0. The maximum absolute atomic E-state index is 2.56. The maximum atomic E-state index is 2.56. The molecule has 2 aromatic rings. The lowest BCUT2D eigenvalue weighted by atomic mass is 9.67. The summed E-state index contributed by atoms with van der Waals surface area (Å²) in [6, 6.07) is 10.2. The monoisotopic (exact) mass is 533 g/mol. The van der Waals surface area contributed by atoms with E-state index in [0.29, 0.717) is 5.92 Å². The first-order chi connectivity index (χ1) is 17.1. The van der Waals surface area contributed by atoms with E-state index >= 15 is 0 Å². The first kappa shape index (κ1) is 33.6. The Morgan fingerprint density at radius 3 is 1.10 bits per heavy atom. The lowest BCUT2D eigenvalue weighted by Gasteiger charge is -2.38. The lowest BCUT2D eigenvalue weighted by molar-refractivity contribution is 0.495. The van der Waals surface area contributed by atoms with E-state index < -0.39 is 0 Å². The van der Waals surface area contributed by atoms with Crippen molar-refractivity contribution in [2.45, 2.75) is 176 Å². The summed E-state index contributed by atoms with van der Waals surface area (Å²) in [5, 5.41) is 0. The van der Waals surface area contributed by atoms with Gasteiger partial charge in [-0.1, -0.05) is 156 Å². The molecule has 0 spiro atoms. The molecule has 1 unspecified atom stereocenters. The fourth-order valence-corrected chi connectivity index (χ4v) is 6.19. The molecular formula is C39H64. The van der Waals surface area contributed by atoms with Crippen LogP contribution in [0.4, 0.5) is 0 Å². The molecule has 0 fully saturated rings. The zero-order valence-corrected chi connectivity index (χ0v) is 29.6. The molecule has 0 aliphatic carbocycles. The standard InChI is InChI=1S/C39H64/c1-25(28-23-27(34(2,3)4)24-31(37(11,12)13)32(28)38(14,15)16)20-26-21-29(35(5,6)7)33(39(17,18)19)30(22-26)36(8,9)10/h21-25H,20H2,1-19H3. The first-order valence-corrected chi connectivity index (χ1v) is 15.4. The predicted molar refractivity (Wildman–Crippen MR) is 177 cm³/mol. The van der Waals surface area contributed by atoms with Crippen molar-refractivity contribution in [2.75, 3.05) is 0 Å². The molecule has 2 rings (SSSR count). The van der Waals surface area contributed by atoms with Crippen LogP contribution in [0.25, 0.3) is 0 Å². The van der Waals surface area contributed by atoms with Crippen LogP contribution in [-0.2, 0) is 38.9 Å². The largest absolute Gasteiger partial charge is 0.0581 e. The van der Waals surface area contributed by atoms with Crippen LogP contribution in [0.15, 0.2) is 24.3 Å². The minimum atomic E-state index is 0.0753. The van der Waals surface area contributed by atoms with Crippen molar-refractivity contribution in [2.24, 2.45) is 0 Å². The van der Waals surface area contributed by atoms with Gasteiger partial charge in [-0.2, -0.15) is 0 Å². The molecule has 39 heavy (non-hydrogen) atoms. The quantitative estimate of drug-likeness (QED) is 0.369. The van der Waals surface area contributed by atoms with Gasteiger partial charge in [-0.3, -0.25) is 0 Å². The Kier molecular flexibility index (Phi) is 8.94. The molecule has 0 heteroatoms. The predicted octanol–water partition coefficient (Wildman–Crippen LogP) is 11.8. The topological polar surface area (TPSA) is 0 Å². The fraction of sp³-hybridized carbons (Fsp3) is 0.692. The fourth-order valence-electron chi connectivity index (χ4n) is 6.19. The Labute approximate surface area is 244 Å². The van der Waals surface area contributed by atoms with Crippen molar-refractivity contribution in [3.8, 4) is 0 Å². The second kappa shape index (κ2) is 10.4. The Morgan fingerprint density at radius 1 is 0.436 bits per heavy atom. The van der Waals surface area contributed by atoms with Gasteiger partial charge in [0.25, 0.3) is 0 Å². The van der Waals surface area contributed by atoms with Crippen LogP contribution in [0.1, 0.15) is 182 Å². The van der Waals surface area contributed by atoms with E-state index in [9.17, 15) is 0 Å². The third kappa shape index (κ3) is 7.80. The average Bonchev–Trinajstić information content (AvgIpc) is 2.68. The van der Waals surface area contributed by atoms with Crippen molar-refractivity contribution in [1.29, 1.82) is 0 Å². The number of hydrogen-bond donors (Lipinski definition) is 0. The summed E-state index contributed by atoms with van der Waals surface area (Å²) >= 11 is 0. The minimum Gasteiger partial charge on any atom is -0.0581 e. The molecule has 0 radical (unpaired) electrons. The van der Waals surface area contributed by atoms with Gasteiger partial charge in [-0.05, 0) is 89.3 Å². The van der Waals surface area contributed by atoms with E-state index in [-0.39, 0.29) is 32.5 Å². The van der Waals surface area contributed by atoms with Crippen LogP contribution in [0.3, 0.4) is 0 Å². The first-order valence-electron chi connectivity index (χ1n) is 15.4. The molecule has 0 bridgehead atoms. The summed E-state index contributed by atoms with van der Waals surface area (Å²) in [6.07, 6.45) is 1.05. The third-order valence-electron chi connectivity index (χ3n) is 8.23. The van der Waals surface area contributed by atoms with Crippen LogP contribution in [0.2, 0.25) is 0 Å². The summed E-state index contributed by atoms with van der Waals surface area (Å²) in [5.41, 5.74) is 12.6. The van der Waals surface area contributed by atoms with E-state index in [1.807, 2.05) is 0 Å². The normalized spacial score (nSPS) is 15.1. The van der Waals surface area contributed by atoms with Gasteiger partial charge in [0.1, 0.15) is 0 Å². The van der Waals surface area contributed by atoms with E-state index in [1.54, 1.807) is 11.1 Å². The average molecular weight is 533 g/mol. The summed E-state index contributed by atoms with van der Waals surface area (Å²) in [6.45, 7) is 45.4. The Morgan fingerprint density at radius 2 is 0.795 bits per heavy atom. The van der Waals surface area contributed by atoms with Crippen LogP contribution >= 0.6 is 0 Å². The van der Waals surface area contributed by atoms with Gasteiger partial charge < -0.3 is 0 Å². The van der Waals surface area contributed by atoms with Crippen LogP contribution in [0.5, 0.6) is 0 Å². The van der Waals surface area contributed by atoms with E-state index in [0.717, 1.165) is 6.42 Å². The molecule has 0 aromatic heterocycles. The molecule has 0 saturated carbocycles. The van der Waals surface area contributed by atoms with Crippen LogP contribution < -0.4 is 0 Å². The van der Waals surface area contributed by atoms with Crippen molar-refractivity contribution < 1.29 is 0 Å². The minimum absolute atomic E-state index is 0.0753. The third-order valence-corrected chi connectivity index (χ3v) is 8.23. The SMILES string of the molecule is CC(Cc1cc(C(C)(C)C)c(C(C)(C)C)c(C(C)(C)C)c1)c1cc(C(C)(C)C)cc(C(C)(C)C)c1C(C)(C)C. The van der Waals surface area contributed by atoms with Gasteiger partial charge in [0.15, 0.2) is 0 Å². The number of rotatable bonds is 3. The second-order valence-corrected chi connectivity index (χ2v) is 18.7. The molecule has 0 N–H and O–H groups in total. The molecule has 0 aliphatic rings. The maximum Gasteiger partial charge on any atom is -0.0126 e. The Balaban J connectivity index is 2.91. The van der Waals surface area contributed by atoms with Crippen molar-refractivity contribution in [3.05, 3.63) is 68.8 Å². The van der Waals surface area contributed by atoms with Gasteiger partial charge in [0.2, 0.25) is 0 Å². The summed E-state index contributed by atoms with van der Waals surface area (Å²) in [7, 11) is 0. The zero-order valence-electron chi connectivity index (χ0n) is 29.6. The van der Waals surface area contributed by atoms with Gasteiger partial charge >= 0.3 is 0 Å².